The molecule has 0 amide bonds. The van der Waals surface area contributed by atoms with Crippen molar-refractivity contribution in [1.82, 2.24) is 0 Å². The number of benzene rings is 2. The molecule has 0 radical (unpaired) electrons. The van der Waals surface area contributed by atoms with E-state index in [-0.39, 0.29) is 16.7 Å². The highest BCUT2D eigenvalue weighted by Gasteiger charge is 2.14. The Morgan fingerprint density at radius 2 is 1.90 bits per heavy atom. The van der Waals surface area contributed by atoms with Crippen molar-refractivity contribution in [2.45, 2.75) is 19.9 Å². The minimum Gasteiger partial charge on any atom is -0.379 e. The van der Waals surface area contributed by atoms with Crippen molar-refractivity contribution < 1.29 is 4.92 Å². The third kappa shape index (κ3) is 3.37. The topological polar surface area (TPSA) is 79.0 Å². The Morgan fingerprint density at radius 1 is 1.24 bits per heavy atom. The molecule has 0 saturated heterocycles. The predicted octanol–water partition coefficient (Wildman–Crippen LogP) is 3.95. The fourth-order valence-corrected chi connectivity index (χ4v) is 2.07. The number of hydrogen-bond donors (Lipinski definition) is 1. The van der Waals surface area contributed by atoms with Crippen LogP contribution in [0, 0.1) is 28.4 Å². The zero-order valence-corrected chi connectivity index (χ0v) is 11.8. The summed E-state index contributed by atoms with van der Waals surface area (Å²) in [4.78, 5) is 10.6. The van der Waals surface area contributed by atoms with Crippen LogP contribution in [0.25, 0.3) is 0 Å². The van der Waals surface area contributed by atoms with Gasteiger partial charge in [-0.1, -0.05) is 12.1 Å². The van der Waals surface area contributed by atoms with Crippen molar-refractivity contribution in [3.8, 4) is 6.07 Å². The van der Waals surface area contributed by atoms with Crippen LogP contribution in [0.3, 0.4) is 0 Å². The smallest absolute Gasteiger partial charge is 0.272 e. The molecular formula is C16H15N3O2. The van der Waals surface area contributed by atoms with E-state index >= 15 is 0 Å². The lowest BCUT2D eigenvalue weighted by molar-refractivity contribution is -0.385. The van der Waals surface area contributed by atoms with Gasteiger partial charge in [-0.25, -0.2) is 0 Å². The lowest BCUT2D eigenvalue weighted by atomic mass is 10.0. The van der Waals surface area contributed by atoms with Gasteiger partial charge in [0.15, 0.2) is 0 Å². The first-order valence-electron chi connectivity index (χ1n) is 6.53. The molecule has 1 unspecified atom stereocenters. The summed E-state index contributed by atoms with van der Waals surface area (Å²) in [6.07, 6.45) is 0. The number of anilines is 1. The Kier molecular flexibility index (Phi) is 4.19. The van der Waals surface area contributed by atoms with E-state index in [2.05, 4.69) is 11.4 Å². The van der Waals surface area contributed by atoms with E-state index in [1.807, 2.05) is 25.1 Å². The molecular weight excluding hydrogens is 266 g/mol. The van der Waals surface area contributed by atoms with Crippen molar-refractivity contribution in [2.75, 3.05) is 5.32 Å². The molecule has 1 atom stereocenters. The largest absolute Gasteiger partial charge is 0.379 e. The van der Waals surface area contributed by atoms with Crippen LogP contribution in [-0.4, -0.2) is 4.92 Å². The SMILES string of the molecule is Cc1ccc(C(C)Nc2ccc(C#N)cc2)cc1[N+](=O)[O-]. The number of nitrogens with zero attached hydrogens (tertiary/aromatic N) is 2. The van der Waals surface area contributed by atoms with E-state index in [4.69, 9.17) is 5.26 Å². The van der Waals surface area contributed by atoms with E-state index in [1.54, 1.807) is 31.2 Å². The maximum atomic E-state index is 11.0. The zero-order valence-electron chi connectivity index (χ0n) is 11.8. The molecule has 0 aliphatic carbocycles. The maximum absolute atomic E-state index is 11.0. The Balaban J connectivity index is 2.20. The van der Waals surface area contributed by atoms with E-state index in [9.17, 15) is 10.1 Å². The fourth-order valence-electron chi connectivity index (χ4n) is 2.07. The van der Waals surface area contributed by atoms with Gasteiger partial charge >= 0.3 is 0 Å². The lowest BCUT2D eigenvalue weighted by Gasteiger charge is -2.16. The van der Waals surface area contributed by atoms with Gasteiger partial charge in [0.1, 0.15) is 0 Å². The minimum atomic E-state index is -0.368. The number of nitro benzene ring substituents is 1. The van der Waals surface area contributed by atoms with Gasteiger partial charge in [-0.05, 0) is 43.7 Å². The van der Waals surface area contributed by atoms with Crippen molar-refractivity contribution in [2.24, 2.45) is 0 Å². The molecule has 0 bridgehead atoms. The molecule has 0 spiro atoms. The van der Waals surface area contributed by atoms with Gasteiger partial charge in [-0.3, -0.25) is 10.1 Å². The summed E-state index contributed by atoms with van der Waals surface area (Å²) in [7, 11) is 0. The molecule has 0 heterocycles. The van der Waals surface area contributed by atoms with Crippen LogP contribution in [0.5, 0.6) is 0 Å². The standard InChI is InChI=1S/C16H15N3O2/c1-11-3-6-14(9-16(11)19(20)21)12(2)18-15-7-4-13(10-17)5-8-15/h3-9,12,18H,1-2H3. The first-order chi connectivity index (χ1) is 10.0. The lowest BCUT2D eigenvalue weighted by Crippen LogP contribution is -2.07. The summed E-state index contributed by atoms with van der Waals surface area (Å²) in [5.74, 6) is 0. The molecule has 0 aromatic heterocycles. The van der Waals surface area contributed by atoms with Gasteiger partial charge in [0.25, 0.3) is 5.69 Å². The van der Waals surface area contributed by atoms with Gasteiger partial charge in [0.05, 0.1) is 16.6 Å². The number of rotatable bonds is 4. The third-order valence-electron chi connectivity index (χ3n) is 3.33. The molecule has 2 aromatic carbocycles. The third-order valence-corrected chi connectivity index (χ3v) is 3.33. The van der Waals surface area contributed by atoms with Gasteiger partial charge in [-0.2, -0.15) is 5.26 Å². The number of nitrogens with one attached hydrogen (secondary N) is 1. The maximum Gasteiger partial charge on any atom is 0.272 e. The molecule has 0 saturated carbocycles. The van der Waals surface area contributed by atoms with Crippen LogP contribution in [0.4, 0.5) is 11.4 Å². The van der Waals surface area contributed by atoms with Crippen molar-refractivity contribution >= 4 is 11.4 Å². The molecule has 106 valence electrons. The van der Waals surface area contributed by atoms with Gasteiger partial charge in [-0.15, -0.1) is 0 Å². The summed E-state index contributed by atoms with van der Waals surface area (Å²) in [5.41, 5.74) is 3.08. The van der Waals surface area contributed by atoms with Gasteiger partial charge in [0.2, 0.25) is 0 Å². The normalized spacial score (nSPS) is 11.5. The van der Waals surface area contributed by atoms with Crippen molar-refractivity contribution in [1.29, 1.82) is 5.26 Å². The number of aryl methyl sites for hydroxylation is 1. The Morgan fingerprint density at radius 3 is 2.48 bits per heavy atom. The van der Waals surface area contributed by atoms with Crippen LogP contribution >= 0.6 is 0 Å². The molecule has 0 aliphatic rings. The Bertz CT molecular complexity index is 702. The van der Waals surface area contributed by atoms with Gasteiger partial charge in [0, 0.05) is 23.4 Å². The molecule has 0 fully saturated rings. The zero-order chi connectivity index (χ0) is 15.4. The average Bonchev–Trinajstić information content (AvgIpc) is 2.48. The summed E-state index contributed by atoms with van der Waals surface area (Å²) in [6, 6.07) is 14.3. The van der Waals surface area contributed by atoms with Crippen LogP contribution in [0.1, 0.15) is 29.7 Å². The van der Waals surface area contributed by atoms with E-state index in [0.717, 1.165) is 11.3 Å². The van der Waals surface area contributed by atoms with E-state index < -0.39 is 0 Å². The second-order valence-corrected chi connectivity index (χ2v) is 4.86. The Hall–Kier alpha value is -2.87. The quantitative estimate of drug-likeness (QED) is 0.679. The summed E-state index contributed by atoms with van der Waals surface area (Å²) in [6.45, 7) is 3.66. The average molecular weight is 281 g/mol. The van der Waals surface area contributed by atoms with Gasteiger partial charge < -0.3 is 5.32 Å². The van der Waals surface area contributed by atoms with E-state index in [0.29, 0.717) is 11.1 Å². The molecule has 2 rings (SSSR count). The molecule has 5 heteroatoms. The predicted molar refractivity (Wildman–Crippen MR) is 81.0 cm³/mol. The van der Waals surface area contributed by atoms with Crippen molar-refractivity contribution in [3.63, 3.8) is 0 Å². The molecule has 5 nitrogen and oxygen atoms in total. The number of nitriles is 1. The molecule has 1 N–H and O–H groups in total. The second kappa shape index (κ2) is 6.06. The highest BCUT2D eigenvalue weighted by molar-refractivity contribution is 5.50. The molecule has 2 aromatic rings. The summed E-state index contributed by atoms with van der Waals surface area (Å²) < 4.78 is 0. The van der Waals surface area contributed by atoms with E-state index in [1.165, 1.54) is 0 Å². The first-order valence-corrected chi connectivity index (χ1v) is 6.53. The van der Waals surface area contributed by atoms with Crippen molar-refractivity contribution in [3.05, 3.63) is 69.3 Å². The molecule has 21 heavy (non-hydrogen) atoms. The fraction of sp³-hybridized carbons (Fsp3) is 0.188. The number of hydrogen-bond acceptors (Lipinski definition) is 4. The minimum absolute atomic E-state index is 0.0720. The Labute approximate surface area is 123 Å². The highest BCUT2D eigenvalue weighted by atomic mass is 16.6. The van der Waals surface area contributed by atoms with Crippen LogP contribution < -0.4 is 5.32 Å². The number of nitro groups is 1. The summed E-state index contributed by atoms with van der Waals surface area (Å²) in [5, 5.41) is 23.0. The second-order valence-electron chi connectivity index (χ2n) is 4.86. The first kappa shape index (κ1) is 14.5. The summed E-state index contributed by atoms with van der Waals surface area (Å²) >= 11 is 0. The monoisotopic (exact) mass is 281 g/mol. The van der Waals surface area contributed by atoms with Crippen LogP contribution in [0.15, 0.2) is 42.5 Å². The highest BCUT2D eigenvalue weighted by Crippen LogP contribution is 2.25. The molecule has 0 aliphatic heterocycles. The van der Waals surface area contributed by atoms with Crippen LogP contribution in [0.2, 0.25) is 0 Å². The van der Waals surface area contributed by atoms with Crippen LogP contribution in [-0.2, 0) is 0 Å².